The number of carbonyl (C=O) groups excluding carboxylic acids is 3. The lowest BCUT2D eigenvalue weighted by molar-refractivity contribution is -0.153. The second kappa shape index (κ2) is 15.0. The number of likely N-dealkylation sites (N-methyl/N-ethyl adjacent to an activating group) is 1. The SMILES string of the molecule is CCOP(=O)(OCC)C(Cc1ccccc1)c1ccc(-c2cc(N(C)C)c3c(c2O)C(O)=C2C(=O)[C@]4(O)C(O)=C(C(N)=O)C(=O)C(N(C)C)[C@@H]4C[C@@H]2C3)cc1. The van der Waals surface area contributed by atoms with E-state index in [9.17, 15) is 39.4 Å². The minimum absolute atomic E-state index is 0.0132. The van der Waals surface area contributed by atoms with Crippen LogP contribution in [0.2, 0.25) is 0 Å². The molecular weight excluding hydrogens is 725 g/mol. The Bertz CT molecular complexity index is 2140. The molecule has 1 saturated carbocycles. The molecular formula is C41H48N3O10P. The van der Waals surface area contributed by atoms with E-state index in [2.05, 4.69) is 0 Å². The van der Waals surface area contributed by atoms with Crippen molar-refractivity contribution in [3.63, 3.8) is 0 Å². The van der Waals surface area contributed by atoms with Gasteiger partial charge in [0.1, 0.15) is 22.8 Å². The number of nitrogens with two attached hydrogens (primary N) is 1. The molecule has 3 aliphatic carbocycles. The van der Waals surface area contributed by atoms with Crippen molar-refractivity contribution < 1.29 is 48.4 Å². The Morgan fingerprint density at radius 1 is 0.982 bits per heavy atom. The number of Topliss-reactive ketones (excluding diaryl/α,β-unsaturated/α-hetero) is 2. The van der Waals surface area contributed by atoms with Crippen molar-refractivity contribution in [2.75, 3.05) is 46.3 Å². The molecule has 55 heavy (non-hydrogen) atoms. The molecule has 0 spiro atoms. The van der Waals surface area contributed by atoms with E-state index in [1.54, 1.807) is 58.3 Å². The zero-order chi connectivity index (χ0) is 40.1. The molecule has 3 aromatic rings. The number of aromatic hydroxyl groups is 1. The first kappa shape index (κ1) is 39.9. The first-order valence-corrected chi connectivity index (χ1v) is 19.9. The van der Waals surface area contributed by atoms with Gasteiger partial charge in [-0.3, -0.25) is 23.8 Å². The maximum absolute atomic E-state index is 14.4. The number of phenolic OH excluding ortho intramolecular Hbond substituents is 1. The molecule has 5 atom stereocenters. The van der Waals surface area contributed by atoms with Gasteiger partial charge in [-0.25, -0.2) is 0 Å². The monoisotopic (exact) mass is 773 g/mol. The van der Waals surface area contributed by atoms with E-state index in [1.807, 2.05) is 49.3 Å². The van der Waals surface area contributed by atoms with Gasteiger partial charge in [0.15, 0.2) is 11.4 Å². The van der Waals surface area contributed by atoms with Crippen LogP contribution < -0.4 is 10.6 Å². The maximum atomic E-state index is 14.4. The van der Waals surface area contributed by atoms with Gasteiger partial charge in [-0.05, 0) is 81.4 Å². The number of phenols is 1. The highest BCUT2D eigenvalue weighted by molar-refractivity contribution is 7.54. The predicted molar refractivity (Wildman–Crippen MR) is 208 cm³/mol. The number of rotatable bonds is 12. The van der Waals surface area contributed by atoms with Gasteiger partial charge < -0.3 is 40.1 Å². The number of amides is 1. The summed E-state index contributed by atoms with van der Waals surface area (Å²) in [6, 6.07) is 17.3. The fourth-order valence-electron chi connectivity index (χ4n) is 8.62. The summed E-state index contributed by atoms with van der Waals surface area (Å²) in [4.78, 5) is 43.5. The number of benzene rings is 3. The van der Waals surface area contributed by atoms with E-state index in [0.717, 1.165) is 5.56 Å². The number of anilines is 1. The van der Waals surface area contributed by atoms with Crippen molar-refractivity contribution >= 4 is 36.5 Å². The number of aliphatic hydroxyl groups excluding tert-OH is 2. The topological polar surface area (TPSA) is 200 Å². The van der Waals surface area contributed by atoms with Gasteiger partial charge in [0, 0.05) is 36.8 Å². The third-order valence-corrected chi connectivity index (χ3v) is 13.5. The first-order chi connectivity index (χ1) is 26.0. The van der Waals surface area contributed by atoms with Gasteiger partial charge >= 0.3 is 7.60 Å². The average Bonchev–Trinajstić information content (AvgIpc) is 3.12. The van der Waals surface area contributed by atoms with E-state index in [0.29, 0.717) is 34.4 Å². The van der Waals surface area contributed by atoms with Crippen molar-refractivity contribution in [2.24, 2.45) is 17.6 Å². The fraction of sp³-hybridized carbons (Fsp3) is 0.390. The summed E-state index contributed by atoms with van der Waals surface area (Å²) in [5.41, 5.74) is 4.68. The third kappa shape index (κ3) is 6.57. The smallest absolute Gasteiger partial charge is 0.338 e. The van der Waals surface area contributed by atoms with E-state index in [-0.39, 0.29) is 42.9 Å². The number of primary amides is 1. The zero-order valence-electron chi connectivity index (χ0n) is 31.8. The third-order valence-electron chi connectivity index (χ3n) is 11.1. The molecule has 6 N–H and O–H groups in total. The van der Waals surface area contributed by atoms with Gasteiger partial charge in [-0.15, -0.1) is 0 Å². The van der Waals surface area contributed by atoms with Crippen LogP contribution in [0, 0.1) is 11.8 Å². The highest BCUT2D eigenvalue weighted by Gasteiger charge is 2.64. The molecule has 0 heterocycles. The number of hydrogen-bond donors (Lipinski definition) is 5. The fourth-order valence-corrected chi connectivity index (χ4v) is 10.7. The van der Waals surface area contributed by atoms with Crippen molar-refractivity contribution in [1.29, 1.82) is 0 Å². The van der Waals surface area contributed by atoms with Crippen LogP contribution in [0.4, 0.5) is 5.69 Å². The van der Waals surface area contributed by atoms with Gasteiger partial charge in [0.25, 0.3) is 5.91 Å². The number of hydrogen-bond acceptors (Lipinski definition) is 12. The number of carbonyl (C=O) groups is 3. The van der Waals surface area contributed by atoms with Crippen LogP contribution >= 0.6 is 7.60 Å². The number of ketones is 2. The number of fused-ring (bicyclic) bond motifs is 3. The molecule has 6 rings (SSSR count). The molecule has 13 nitrogen and oxygen atoms in total. The summed E-state index contributed by atoms with van der Waals surface area (Å²) >= 11 is 0. The summed E-state index contributed by atoms with van der Waals surface area (Å²) in [7, 11) is 3.10. The Morgan fingerprint density at radius 3 is 2.15 bits per heavy atom. The van der Waals surface area contributed by atoms with Crippen LogP contribution in [-0.4, -0.2) is 95.8 Å². The standard InChI is InChI=1S/C41H48N3O10P/c1-7-53-55(52,54-8-2)30(18-22-12-10-9-11-13-22)24-16-14-23(15-17-24)26-21-29(43(3)4)27-19-25-20-28-34(44(5)6)37(47)33(40(42)50)39(49)41(28,51)38(48)31(25)36(46)32(27)35(26)45/h9-17,21,25,28,30,34,45-46,49,51H,7-8,18-20H2,1-6H3,(H2,42,50)/t25-,28-,30?,34?,41-/m0/s1. The van der Waals surface area contributed by atoms with Crippen LogP contribution in [-0.2, 0) is 40.8 Å². The lowest BCUT2D eigenvalue weighted by atomic mass is 9.57. The molecule has 14 heteroatoms. The number of aliphatic hydroxyl groups is 3. The highest BCUT2D eigenvalue weighted by atomic mass is 31.2. The molecule has 1 fully saturated rings. The molecule has 0 aromatic heterocycles. The summed E-state index contributed by atoms with van der Waals surface area (Å²) < 4.78 is 25.8. The second-order valence-electron chi connectivity index (χ2n) is 14.7. The van der Waals surface area contributed by atoms with Crippen LogP contribution in [0.5, 0.6) is 5.75 Å². The predicted octanol–water partition coefficient (Wildman–Crippen LogP) is 5.25. The highest BCUT2D eigenvalue weighted by Crippen LogP contribution is 2.62. The van der Waals surface area contributed by atoms with Crippen molar-refractivity contribution in [2.45, 2.75) is 50.4 Å². The lowest BCUT2D eigenvalue weighted by Gasteiger charge is -2.50. The van der Waals surface area contributed by atoms with Crippen LogP contribution in [0.1, 0.15) is 48.2 Å². The normalized spacial score (nSPS) is 23.0. The molecule has 292 valence electrons. The van der Waals surface area contributed by atoms with Crippen LogP contribution in [0.3, 0.4) is 0 Å². The summed E-state index contributed by atoms with van der Waals surface area (Å²) in [6.07, 6.45) is 0.519. The van der Waals surface area contributed by atoms with Gasteiger partial charge in [-0.2, -0.15) is 0 Å². The van der Waals surface area contributed by atoms with Gasteiger partial charge in [0.2, 0.25) is 5.78 Å². The van der Waals surface area contributed by atoms with E-state index in [4.69, 9.17) is 14.8 Å². The maximum Gasteiger partial charge on any atom is 0.338 e. The molecule has 2 unspecified atom stereocenters. The average molecular weight is 774 g/mol. The molecule has 3 aliphatic rings. The van der Waals surface area contributed by atoms with Crippen LogP contribution in [0.25, 0.3) is 16.9 Å². The first-order valence-electron chi connectivity index (χ1n) is 18.3. The minimum Gasteiger partial charge on any atom is -0.508 e. The molecule has 0 aliphatic heterocycles. The van der Waals surface area contributed by atoms with Crippen molar-refractivity contribution in [3.8, 4) is 16.9 Å². The molecule has 3 aromatic carbocycles. The Morgan fingerprint density at radius 2 is 1.60 bits per heavy atom. The van der Waals surface area contributed by atoms with Crippen molar-refractivity contribution in [3.05, 3.63) is 99.8 Å². The second-order valence-corrected chi connectivity index (χ2v) is 16.9. The minimum atomic E-state index is -3.64. The Labute approximate surface area is 320 Å². The molecule has 1 amide bonds. The van der Waals surface area contributed by atoms with Gasteiger partial charge in [-0.1, -0.05) is 54.6 Å². The Hall–Kier alpha value is -4.78. The largest absolute Gasteiger partial charge is 0.508 e. The summed E-state index contributed by atoms with van der Waals surface area (Å²) in [5.74, 6) is -7.10. The quantitative estimate of drug-likeness (QED) is 0.119. The summed E-state index contributed by atoms with van der Waals surface area (Å²) in [6.45, 7) is 3.90. The Balaban J connectivity index is 1.48. The van der Waals surface area contributed by atoms with Crippen molar-refractivity contribution in [1.82, 2.24) is 4.90 Å². The molecule has 0 saturated heterocycles. The van der Waals surface area contributed by atoms with E-state index in [1.165, 1.54) is 4.90 Å². The van der Waals surface area contributed by atoms with E-state index < -0.39 is 71.3 Å². The lowest BCUT2D eigenvalue weighted by Crippen LogP contribution is -2.65. The number of nitrogens with zero attached hydrogens (tertiary/aromatic N) is 2. The molecule has 0 radical (unpaired) electrons. The Kier molecular flexibility index (Phi) is 10.9. The zero-order valence-corrected chi connectivity index (χ0v) is 32.7. The summed E-state index contributed by atoms with van der Waals surface area (Å²) in [5, 5.41) is 47.1. The van der Waals surface area contributed by atoms with Crippen LogP contribution in [0.15, 0.2) is 77.6 Å². The van der Waals surface area contributed by atoms with Gasteiger partial charge in [0.05, 0.1) is 30.5 Å². The molecule has 0 bridgehead atoms. The van der Waals surface area contributed by atoms with E-state index >= 15 is 0 Å².